The molecule has 8 nitrogen and oxygen atoms in total. The van der Waals surface area contributed by atoms with Crippen molar-refractivity contribution in [3.63, 3.8) is 0 Å². The molecule has 2 aromatic heterocycles. The molecule has 1 amide bonds. The van der Waals surface area contributed by atoms with Gasteiger partial charge in [0.05, 0.1) is 0 Å². The van der Waals surface area contributed by atoms with Gasteiger partial charge in [-0.25, -0.2) is 9.37 Å². The molecule has 2 aromatic carbocycles. The summed E-state index contributed by atoms with van der Waals surface area (Å²) in [6.07, 6.45) is 1.41. The van der Waals surface area contributed by atoms with E-state index in [4.69, 9.17) is 9.26 Å². The van der Waals surface area contributed by atoms with Crippen molar-refractivity contribution in [2.24, 2.45) is 0 Å². The van der Waals surface area contributed by atoms with Gasteiger partial charge in [-0.3, -0.25) is 9.89 Å². The number of anilines is 1. The van der Waals surface area contributed by atoms with Gasteiger partial charge in [0.2, 0.25) is 0 Å². The Morgan fingerprint density at radius 2 is 2.04 bits per heavy atom. The fraction of sp³-hybridized carbons (Fsp3) is 0.0526. The van der Waals surface area contributed by atoms with E-state index < -0.39 is 5.91 Å². The molecule has 140 valence electrons. The van der Waals surface area contributed by atoms with Crippen LogP contribution >= 0.6 is 0 Å². The maximum atomic E-state index is 12.9. The van der Waals surface area contributed by atoms with E-state index >= 15 is 0 Å². The number of nitrogens with zero attached hydrogens (tertiary/aromatic N) is 3. The van der Waals surface area contributed by atoms with Crippen LogP contribution in [0, 0.1) is 5.82 Å². The van der Waals surface area contributed by atoms with E-state index in [2.05, 4.69) is 25.7 Å². The summed E-state index contributed by atoms with van der Waals surface area (Å²) < 4.78 is 23.5. The Balaban J connectivity index is 1.39. The van der Waals surface area contributed by atoms with Crippen LogP contribution in [0.15, 0.2) is 65.4 Å². The average molecular weight is 379 g/mol. The number of hydrogen-bond acceptors (Lipinski definition) is 6. The SMILES string of the molecule is O=C(Nc1cccc(-c2ncn[nH]2)c1)c1cc(COc2ccc(F)cc2)on1. The van der Waals surface area contributed by atoms with Gasteiger partial charge in [0.25, 0.3) is 5.91 Å². The summed E-state index contributed by atoms with van der Waals surface area (Å²) in [5.41, 5.74) is 1.47. The number of carbonyl (C=O) groups is 1. The molecule has 0 aliphatic carbocycles. The maximum Gasteiger partial charge on any atom is 0.277 e. The normalized spacial score (nSPS) is 10.6. The molecule has 9 heteroatoms. The van der Waals surface area contributed by atoms with Crippen LogP contribution < -0.4 is 10.1 Å². The fourth-order valence-corrected chi connectivity index (χ4v) is 2.46. The zero-order chi connectivity index (χ0) is 19.3. The second-order valence-electron chi connectivity index (χ2n) is 5.79. The largest absolute Gasteiger partial charge is 0.486 e. The van der Waals surface area contributed by atoms with Crippen LogP contribution in [0.5, 0.6) is 5.75 Å². The van der Waals surface area contributed by atoms with Crippen LogP contribution in [0.25, 0.3) is 11.4 Å². The van der Waals surface area contributed by atoms with Gasteiger partial charge in [-0.1, -0.05) is 17.3 Å². The molecule has 0 atom stereocenters. The predicted octanol–water partition coefficient (Wildman–Crippen LogP) is 3.43. The summed E-state index contributed by atoms with van der Waals surface area (Å²) in [5, 5.41) is 13.1. The van der Waals surface area contributed by atoms with Gasteiger partial charge in [0, 0.05) is 17.3 Å². The second kappa shape index (κ2) is 7.70. The number of ether oxygens (including phenoxy) is 1. The quantitative estimate of drug-likeness (QED) is 0.532. The Kier molecular flexibility index (Phi) is 4.79. The molecule has 0 unspecified atom stereocenters. The van der Waals surface area contributed by atoms with Crippen molar-refractivity contribution in [1.29, 1.82) is 0 Å². The van der Waals surface area contributed by atoms with Crippen LogP contribution in [0.2, 0.25) is 0 Å². The Morgan fingerprint density at radius 1 is 1.18 bits per heavy atom. The molecular formula is C19H14FN5O3. The first-order chi connectivity index (χ1) is 13.7. The molecule has 2 N–H and O–H groups in total. The number of halogens is 1. The minimum absolute atomic E-state index is 0.0624. The summed E-state index contributed by atoms with van der Waals surface area (Å²) in [5.74, 6) is 0.667. The molecule has 0 bridgehead atoms. The van der Waals surface area contributed by atoms with E-state index in [9.17, 15) is 9.18 Å². The topological polar surface area (TPSA) is 106 Å². The molecule has 0 spiro atoms. The number of amides is 1. The zero-order valence-corrected chi connectivity index (χ0v) is 14.4. The molecule has 0 aliphatic rings. The zero-order valence-electron chi connectivity index (χ0n) is 14.4. The van der Waals surface area contributed by atoms with Crippen LogP contribution in [-0.2, 0) is 6.61 Å². The monoisotopic (exact) mass is 379 g/mol. The van der Waals surface area contributed by atoms with Gasteiger partial charge >= 0.3 is 0 Å². The third kappa shape index (κ3) is 4.04. The Bertz CT molecular complexity index is 1080. The maximum absolute atomic E-state index is 12.9. The van der Waals surface area contributed by atoms with Crippen molar-refractivity contribution >= 4 is 11.6 Å². The van der Waals surface area contributed by atoms with Crippen LogP contribution in [-0.4, -0.2) is 26.2 Å². The lowest BCUT2D eigenvalue weighted by atomic mass is 10.2. The summed E-state index contributed by atoms with van der Waals surface area (Å²) in [7, 11) is 0. The van der Waals surface area contributed by atoms with E-state index in [0.29, 0.717) is 23.0 Å². The molecule has 0 saturated heterocycles. The molecule has 0 radical (unpaired) electrons. The first-order valence-electron chi connectivity index (χ1n) is 8.28. The summed E-state index contributed by atoms with van der Waals surface area (Å²) in [6, 6.07) is 14.2. The van der Waals surface area contributed by atoms with Crippen molar-refractivity contribution in [2.45, 2.75) is 6.61 Å². The smallest absolute Gasteiger partial charge is 0.277 e. The lowest BCUT2D eigenvalue weighted by Crippen LogP contribution is -2.12. The minimum Gasteiger partial charge on any atom is -0.486 e. The van der Waals surface area contributed by atoms with Gasteiger partial charge in [-0.2, -0.15) is 5.10 Å². The molecule has 0 saturated carbocycles. The van der Waals surface area contributed by atoms with Crippen LogP contribution in [0.3, 0.4) is 0 Å². The highest BCUT2D eigenvalue weighted by Gasteiger charge is 2.14. The number of hydrogen-bond donors (Lipinski definition) is 2. The lowest BCUT2D eigenvalue weighted by molar-refractivity contribution is 0.101. The van der Waals surface area contributed by atoms with E-state index in [0.717, 1.165) is 5.56 Å². The van der Waals surface area contributed by atoms with Crippen LogP contribution in [0.1, 0.15) is 16.2 Å². The lowest BCUT2D eigenvalue weighted by Gasteiger charge is -2.04. The number of rotatable bonds is 6. The summed E-state index contributed by atoms with van der Waals surface area (Å²) in [4.78, 5) is 16.5. The first-order valence-corrected chi connectivity index (χ1v) is 8.28. The molecule has 28 heavy (non-hydrogen) atoms. The van der Waals surface area contributed by atoms with Crippen molar-refractivity contribution in [1.82, 2.24) is 20.3 Å². The van der Waals surface area contributed by atoms with Crippen LogP contribution in [0.4, 0.5) is 10.1 Å². The Labute approximate surface area is 158 Å². The van der Waals surface area contributed by atoms with Crippen molar-refractivity contribution in [3.8, 4) is 17.1 Å². The highest BCUT2D eigenvalue weighted by molar-refractivity contribution is 6.03. The van der Waals surface area contributed by atoms with Gasteiger partial charge < -0.3 is 14.6 Å². The molecule has 4 aromatic rings. The Morgan fingerprint density at radius 3 is 2.82 bits per heavy atom. The number of carbonyl (C=O) groups excluding carboxylic acids is 1. The highest BCUT2D eigenvalue weighted by atomic mass is 19.1. The van der Waals surface area contributed by atoms with Crippen molar-refractivity contribution in [3.05, 3.63) is 78.2 Å². The van der Waals surface area contributed by atoms with Gasteiger partial charge in [0.15, 0.2) is 17.3 Å². The first kappa shape index (κ1) is 17.4. The second-order valence-corrected chi connectivity index (χ2v) is 5.79. The van der Waals surface area contributed by atoms with E-state index in [1.165, 1.54) is 36.7 Å². The third-order valence-electron chi connectivity index (χ3n) is 3.80. The standard InChI is InChI=1S/C19H14FN5O3/c20-13-4-6-15(7-5-13)27-10-16-9-17(25-28-16)19(26)23-14-3-1-2-12(8-14)18-21-11-22-24-18/h1-9,11H,10H2,(H,23,26)(H,21,22,24). The van der Waals surface area contributed by atoms with E-state index in [-0.39, 0.29) is 18.1 Å². The molecule has 0 fully saturated rings. The summed E-state index contributed by atoms with van der Waals surface area (Å²) >= 11 is 0. The number of benzene rings is 2. The third-order valence-corrected chi connectivity index (χ3v) is 3.80. The van der Waals surface area contributed by atoms with Gasteiger partial charge in [-0.05, 0) is 36.4 Å². The number of aromatic nitrogens is 4. The van der Waals surface area contributed by atoms with Gasteiger partial charge in [0.1, 0.15) is 24.5 Å². The van der Waals surface area contributed by atoms with Crippen molar-refractivity contribution < 1.29 is 18.4 Å². The predicted molar refractivity (Wildman–Crippen MR) is 97.0 cm³/mol. The number of aromatic amines is 1. The van der Waals surface area contributed by atoms with Gasteiger partial charge in [-0.15, -0.1) is 0 Å². The van der Waals surface area contributed by atoms with E-state index in [1.54, 1.807) is 18.2 Å². The molecular weight excluding hydrogens is 365 g/mol. The van der Waals surface area contributed by atoms with Crippen molar-refractivity contribution in [2.75, 3.05) is 5.32 Å². The molecule has 4 rings (SSSR count). The molecule has 0 aliphatic heterocycles. The molecule has 2 heterocycles. The average Bonchev–Trinajstić information content (AvgIpc) is 3.40. The summed E-state index contributed by atoms with van der Waals surface area (Å²) in [6.45, 7) is 0.0624. The number of nitrogens with one attached hydrogen (secondary N) is 2. The fourth-order valence-electron chi connectivity index (χ4n) is 2.46. The minimum atomic E-state index is -0.425. The van der Waals surface area contributed by atoms with E-state index in [1.807, 2.05) is 6.07 Å². The Hall–Kier alpha value is -4.01. The number of H-pyrrole nitrogens is 1. The highest BCUT2D eigenvalue weighted by Crippen LogP contribution is 2.19.